The molecule has 4 aromatic heterocycles. The van der Waals surface area contributed by atoms with Crippen molar-refractivity contribution in [3.8, 4) is 45.3 Å². The van der Waals surface area contributed by atoms with Crippen molar-refractivity contribution in [1.82, 2.24) is 15.0 Å². The summed E-state index contributed by atoms with van der Waals surface area (Å²) in [6, 6.07) is 49.2. The van der Waals surface area contributed by atoms with E-state index in [1.54, 1.807) is 11.3 Å². The van der Waals surface area contributed by atoms with E-state index in [1.807, 2.05) is 78.9 Å². The normalized spacial score (nSPS) is 11.9. The number of thiophene rings is 1. The van der Waals surface area contributed by atoms with Crippen LogP contribution in [0.2, 0.25) is 5.02 Å². The summed E-state index contributed by atoms with van der Waals surface area (Å²) in [5.74, 6) is 1.63. The minimum Gasteiger partial charge on any atom is -0.456 e. The van der Waals surface area contributed by atoms with E-state index in [0.29, 0.717) is 22.5 Å². The summed E-state index contributed by atoms with van der Waals surface area (Å²) in [7, 11) is 0. The molecule has 0 aliphatic rings. The van der Waals surface area contributed by atoms with Crippen LogP contribution < -0.4 is 0 Å². The Morgan fingerprint density at radius 3 is 1.54 bits per heavy atom. The van der Waals surface area contributed by atoms with Crippen LogP contribution in [-0.4, -0.2) is 15.0 Å². The second-order valence-electron chi connectivity index (χ2n) is 12.8. The minimum atomic E-state index is 0.540. The van der Waals surface area contributed by atoms with E-state index in [0.717, 1.165) is 71.7 Å². The van der Waals surface area contributed by atoms with Gasteiger partial charge in [0, 0.05) is 63.4 Å². The highest BCUT2D eigenvalue weighted by atomic mass is 35.5. The van der Waals surface area contributed by atoms with Gasteiger partial charge in [-0.25, -0.2) is 15.0 Å². The maximum Gasteiger partial charge on any atom is 0.164 e. The molecule has 7 aromatic carbocycles. The molecule has 11 rings (SSSR count). The van der Waals surface area contributed by atoms with Crippen molar-refractivity contribution in [1.29, 1.82) is 0 Å². The molecule has 0 N–H and O–H groups in total. The Kier molecular flexibility index (Phi) is 6.41. The number of hydrogen-bond acceptors (Lipinski definition) is 6. The standard InChI is InChI=1S/C45H24ClN3O2S/c46-25-22-23-27(33(24-25)26-13-9-21-39-42(26)30-12-3-6-20-38(30)52-39)43-47-44(31-14-7-18-36-40(31)28-10-1-4-16-34(28)50-36)49-45(48-43)32-15-8-19-37-41(32)29-11-2-5-17-35(29)51-37/h1-24H. The topological polar surface area (TPSA) is 65.0 Å². The van der Waals surface area contributed by atoms with Crippen molar-refractivity contribution < 1.29 is 8.83 Å². The summed E-state index contributed by atoms with van der Waals surface area (Å²) < 4.78 is 15.0. The number of halogens is 1. The van der Waals surface area contributed by atoms with Gasteiger partial charge < -0.3 is 8.83 Å². The number of furan rings is 2. The van der Waals surface area contributed by atoms with Gasteiger partial charge in [-0.05, 0) is 65.7 Å². The van der Waals surface area contributed by atoms with E-state index in [-0.39, 0.29) is 0 Å². The van der Waals surface area contributed by atoms with Crippen LogP contribution in [0.25, 0.3) is 109 Å². The van der Waals surface area contributed by atoms with Crippen LogP contribution >= 0.6 is 22.9 Å². The summed E-state index contributed by atoms with van der Waals surface area (Å²) in [6.45, 7) is 0. The molecule has 0 saturated heterocycles. The molecule has 0 aliphatic heterocycles. The van der Waals surface area contributed by atoms with E-state index in [1.165, 1.54) is 20.2 Å². The van der Waals surface area contributed by atoms with E-state index in [9.17, 15) is 0 Å². The molecule has 0 unspecified atom stereocenters. The monoisotopic (exact) mass is 705 g/mol. The summed E-state index contributed by atoms with van der Waals surface area (Å²) in [5.41, 5.74) is 7.75. The molecule has 52 heavy (non-hydrogen) atoms. The number of aromatic nitrogens is 3. The van der Waals surface area contributed by atoms with E-state index < -0.39 is 0 Å². The molecular formula is C45H24ClN3O2S. The predicted molar refractivity (Wildman–Crippen MR) is 214 cm³/mol. The van der Waals surface area contributed by atoms with Crippen LogP contribution in [0, 0.1) is 0 Å². The first kappa shape index (κ1) is 29.4. The maximum atomic E-state index is 6.80. The van der Waals surface area contributed by atoms with Gasteiger partial charge >= 0.3 is 0 Å². The van der Waals surface area contributed by atoms with Crippen molar-refractivity contribution in [3.63, 3.8) is 0 Å². The third kappa shape index (κ3) is 4.45. The number of hydrogen-bond donors (Lipinski definition) is 0. The first-order chi connectivity index (χ1) is 25.7. The first-order valence-electron chi connectivity index (χ1n) is 17.0. The Labute approximate surface area is 305 Å². The van der Waals surface area contributed by atoms with Crippen LogP contribution in [0.15, 0.2) is 154 Å². The molecule has 244 valence electrons. The van der Waals surface area contributed by atoms with Gasteiger partial charge in [-0.3, -0.25) is 0 Å². The highest BCUT2D eigenvalue weighted by Crippen LogP contribution is 2.44. The van der Waals surface area contributed by atoms with Crippen molar-refractivity contribution in [3.05, 3.63) is 151 Å². The highest BCUT2D eigenvalue weighted by molar-refractivity contribution is 7.25. The van der Waals surface area contributed by atoms with Crippen LogP contribution in [-0.2, 0) is 0 Å². The second-order valence-corrected chi connectivity index (χ2v) is 14.3. The number of para-hydroxylation sites is 2. The third-order valence-electron chi connectivity index (χ3n) is 9.84. The molecule has 7 heteroatoms. The smallest absolute Gasteiger partial charge is 0.164 e. The Bertz CT molecular complexity index is 3100. The highest BCUT2D eigenvalue weighted by Gasteiger charge is 2.22. The zero-order chi connectivity index (χ0) is 34.3. The fourth-order valence-corrected chi connectivity index (χ4v) is 8.90. The van der Waals surface area contributed by atoms with Crippen LogP contribution in [0.1, 0.15) is 0 Å². The molecular weight excluding hydrogens is 682 g/mol. The summed E-state index contributed by atoms with van der Waals surface area (Å²) in [6.07, 6.45) is 0. The Morgan fingerprint density at radius 2 is 0.885 bits per heavy atom. The van der Waals surface area contributed by atoms with Gasteiger partial charge in [-0.1, -0.05) is 103 Å². The summed E-state index contributed by atoms with van der Waals surface area (Å²) >= 11 is 8.59. The van der Waals surface area contributed by atoms with Gasteiger partial charge in [-0.2, -0.15) is 0 Å². The average molecular weight is 706 g/mol. The van der Waals surface area contributed by atoms with Crippen molar-refractivity contribution in [2.45, 2.75) is 0 Å². The quantitative estimate of drug-likeness (QED) is 0.182. The van der Waals surface area contributed by atoms with Crippen molar-refractivity contribution in [2.75, 3.05) is 0 Å². The molecule has 0 fully saturated rings. The van der Waals surface area contributed by atoms with Crippen molar-refractivity contribution in [2.24, 2.45) is 0 Å². The Balaban J connectivity index is 1.23. The number of fused-ring (bicyclic) bond motifs is 9. The molecule has 0 spiro atoms. The molecule has 0 saturated carbocycles. The molecule has 5 nitrogen and oxygen atoms in total. The Hall–Kier alpha value is -6.34. The lowest BCUT2D eigenvalue weighted by molar-refractivity contribution is 0.668. The fourth-order valence-electron chi connectivity index (χ4n) is 7.59. The predicted octanol–water partition coefficient (Wildman–Crippen LogP) is 13.4. The summed E-state index contributed by atoms with van der Waals surface area (Å²) in [5, 5.41) is 6.95. The lowest BCUT2D eigenvalue weighted by atomic mass is 9.95. The second kappa shape index (κ2) is 11.3. The van der Waals surface area contributed by atoms with Crippen LogP contribution in [0.5, 0.6) is 0 Å². The summed E-state index contributed by atoms with van der Waals surface area (Å²) in [4.78, 5) is 15.8. The number of rotatable bonds is 4. The van der Waals surface area contributed by atoms with Gasteiger partial charge in [0.05, 0.1) is 0 Å². The van der Waals surface area contributed by atoms with Gasteiger partial charge in [0.2, 0.25) is 0 Å². The third-order valence-corrected chi connectivity index (χ3v) is 11.2. The zero-order valence-corrected chi connectivity index (χ0v) is 28.9. The largest absolute Gasteiger partial charge is 0.456 e. The van der Waals surface area contributed by atoms with Gasteiger partial charge in [0.15, 0.2) is 17.5 Å². The Morgan fingerprint density at radius 1 is 0.385 bits per heavy atom. The molecule has 4 heterocycles. The van der Waals surface area contributed by atoms with E-state index >= 15 is 0 Å². The SMILES string of the molecule is Clc1ccc(-c2nc(-c3cccc4oc5ccccc5c34)nc(-c3cccc4oc5ccccc5c34)n2)c(-c2cccc3sc4ccccc4c23)c1. The van der Waals surface area contributed by atoms with Crippen molar-refractivity contribution >= 4 is 87.0 Å². The molecule has 0 radical (unpaired) electrons. The minimum absolute atomic E-state index is 0.540. The molecule has 0 bridgehead atoms. The average Bonchev–Trinajstić information content (AvgIpc) is 3.89. The van der Waals surface area contributed by atoms with E-state index in [4.69, 9.17) is 35.4 Å². The van der Waals surface area contributed by atoms with Gasteiger partial charge in [-0.15, -0.1) is 11.3 Å². The molecule has 0 amide bonds. The van der Waals surface area contributed by atoms with Gasteiger partial charge in [0.25, 0.3) is 0 Å². The fraction of sp³-hybridized carbons (Fsp3) is 0. The maximum absolute atomic E-state index is 6.80. The molecule has 0 atom stereocenters. The number of nitrogens with zero attached hydrogens (tertiary/aromatic N) is 3. The zero-order valence-electron chi connectivity index (χ0n) is 27.3. The van der Waals surface area contributed by atoms with Crippen LogP contribution in [0.4, 0.5) is 0 Å². The van der Waals surface area contributed by atoms with Gasteiger partial charge in [0.1, 0.15) is 22.3 Å². The lowest BCUT2D eigenvalue weighted by Crippen LogP contribution is -2.01. The first-order valence-corrected chi connectivity index (χ1v) is 18.2. The number of benzene rings is 7. The lowest BCUT2D eigenvalue weighted by Gasteiger charge is -2.14. The molecule has 0 aliphatic carbocycles. The van der Waals surface area contributed by atoms with E-state index in [2.05, 4.69) is 66.7 Å². The van der Waals surface area contributed by atoms with Crippen LogP contribution in [0.3, 0.4) is 0 Å². The molecule has 11 aromatic rings.